The SMILES string of the molecule is CCNC1=N[C@@H]2[C@H](CC(=O)O)[C@H](CC(=O)O)[C@H](COC(C)=O)O[C@@H]2S1. The minimum Gasteiger partial charge on any atom is -0.481 e. The number of nitrogens with zero attached hydrogens (tertiary/aromatic N) is 1. The molecular weight excluding hydrogens is 352 g/mol. The van der Waals surface area contributed by atoms with Crippen LogP contribution in [0.3, 0.4) is 0 Å². The maximum absolute atomic E-state index is 11.3. The molecule has 2 rings (SSSR count). The van der Waals surface area contributed by atoms with Crippen molar-refractivity contribution in [3.8, 4) is 0 Å². The zero-order valence-electron chi connectivity index (χ0n) is 14.0. The van der Waals surface area contributed by atoms with Crippen molar-refractivity contribution in [2.24, 2.45) is 16.8 Å². The molecule has 0 radical (unpaired) electrons. The first-order valence-corrected chi connectivity index (χ1v) is 8.90. The molecule has 9 nitrogen and oxygen atoms in total. The number of carbonyl (C=O) groups is 3. The third-order valence-electron chi connectivity index (χ3n) is 4.15. The summed E-state index contributed by atoms with van der Waals surface area (Å²) in [5.74, 6) is -3.71. The van der Waals surface area contributed by atoms with E-state index in [9.17, 15) is 24.6 Å². The predicted molar refractivity (Wildman–Crippen MR) is 89.3 cm³/mol. The summed E-state index contributed by atoms with van der Waals surface area (Å²) < 4.78 is 10.9. The summed E-state index contributed by atoms with van der Waals surface area (Å²) in [5.41, 5.74) is -0.427. The highest BCUT2D eigenvalue weighted by Crippen LogP contribution is 2.44. The van der Waals surface area contributed by atoms with Gasteiger partial charge in [0.2, 0.25) is 0 Å². The highest BCUT2D eigenvalue weighted by molar-refractivity contribution is 8.14. The molecule has 0 amide bonds. The normalized spacial score (nSPS) is 31.0. The second-order valence-corrected chi connectivity index (χ2v) is 7.03. The topological polar surface area (TPSA) is 135 Å². The maximum Gasteiger partial charge on any atom is 0.303 e. The number of carbonyl (C=O) groups excluding carboxylic acids is 1. The fourth-order valence-corrected chi connectivity index (χ4v) is 4.40. The number of amidine groups is 1. The van der Waals surface area contributed by atoms with Crippen molar-refractivity contribution in [2.45, 2.75) is 44.3 Å². The lowest BCUT2D eigenvalue weighted by Gasteiger charge is -2.42. The van der Waals surface area contributed by atoms with Crippen LogP contribution in [0.1, 0.15) is 26.7 Å². The van der Waals surface area contributed by atoms with Crippen LogP contribution in [0.4, 0.5) is 0 Å². The average Bonchev–Trinajstić information content (AvgIpc) is 2.89. The van der Waals surface area contributed by atoms with Crippen LogP contribution in [-0.2, 0) is 23.9 Å². The second-order valence-electron chi connectivity index (χ2n) is 5.94. The number of esters is 1. The van der Waals surface area contributed by atoms with E-state index in [0.717, 1.165) is 0 Å². The van der Waals surface area contributed by atoms with E-state index in [0.29, 0.717) is 11.7 Å². The Hall–Kier alpha value is -1.81. The second kappa shape index (κ2) is 8.52. The molecule has 0 aliphatic carbocycles. The number of aliphatic carboxylic acids is 2. The zero-order valence-corrected chi connectivity index (χ0v) is 14.8. The number of fused-ring (bicyclic) bond motifs is 1. The maximum atomic E-state index is 11.3. The first-order valence-electron chi connectivity index (χ1n) is 8.02. The fraction of sp³-hybridized carbons (Fsp3) is 0.733. The lowest BCUT2D eigenvalue weighted by molar-refractivity contribution is -0.162. The van der Waals surface area contributed by atoms with Crippen LogP contribution in [0.2, 0.25) is 0 Å². The molecule has 0 aromatic carbocycles. The highest BCUT2D eigenvalue weighted by Gasteiger charge is 2.50. The molecule has 0 bridgehead atoms. The van der Waals surface area contributed by atoms with E-state index in [1.54, 1.807) is 0 Å². The molecule has 2 heterocycles. The number of aliphatic imine (C=N–C) groups is 1. The van der Waals surface area contributed by atoms with Gasteiger partial charge in [-0.05, 0) is 6.92 Å². The molecule has 2 aliphatic rings. The van der Waals surface area contributed by atoms with Crippen molar-refractivity contribution in [1.29, 1.82) is 0 Å². The van der Waals surface area contributed by atoms with E-state index in [1.165, 1.54) is 18.7 Å². The van der Waals surface area contributed by atoms with Gasteiger partial charge in [-0.2, -0.15) is 0 Å². The third kappa shape index (κ3) is 5.08. The first-order chi connectivity index (χ1) is 11.8. The van der Waals surface area contributed by atoms with Gasteiger partial charge in [-0.25, -0.2) is 0 Å². The number of nitrogens with one attached hydrogen (secondary N) is 1. The Morgan fingerprint density at radius 3 is 2.44 bits per heavy atom. The monoisotopic (exact) mass is 374 g/mol. The molecule has 2 aliphatic heterocycles. The Morgan fingerprint density at radius 2 is 1.88 bits per heavy atom. The van der Waals surface area contributed by atoms with Crippen LogP contribution >= 0.6 is 11.8 Å². The number of carboxylic acids is 2. The van der Waals surface area contributed by atoms with Crippen molar-refractivity contribution < 1.29 is 34.1 Å². The molecule has 140 valence electrons. The summed E-state index contributed by atoms with van der Waals surface area (Å²) in [6.45, 7) is 3.72. The van der Waals surface area contributed by atoms with Crippen molar-refractivity contribution in [3.05, 3.63) is 0 Å². The largest absolute Gasteiger partial charge is 0.481 e. The standard InChI is InChI=1S/C15H22N2O7S/c1-3-16-15-17-13-9(5-12(21)22)8(4-11(19)20)10(6-23-7(2)18)24-14(13)25-15/h8-10,13-14H,3-6H2,1-2H3,(H,16,17)(H,19,20)(H,21,22)/t8-,9+,10-,13+,14+/m0/s1. The summed E-state index contributed by atoms with van der Waals surface area (Å²) >= 11 is 1.34. The van der Waals surface area contributed by atoms with Crippen molar-refractivity contribution in [1.82, 2.24) is 5.32 Å². The summed E-state index contributed by atoms with van der Waals surface area (Å²) in [6, 6.07) is -0.451. The number of hydrogen-bond acceptors (Lipinski definition) is 8. The minimum absolute atomic E-state index is 0.107. The van der Waals surface area contributed by atoms with E-state index < -0.39 is 47.3 Å². The van der Waals surface area contributed by atoms with Crippen LogP contribution in [0.15, 0.2) is 4.99 Å². The molecule has 5 atom stereocenters. The fourth-order valence-electron chi connectivity index (χ4n) is 3.17. The molecule has 0 spiro atoms. The van der Waals surface area contributed by atoms with Crippen molar-refractivity contribution in [2.75, 3.05) is 13.2 Å². The average molecular weight is 374 g/mol. The smallest absolute Gasteiger partial charge is 0.303 e. The van der Waals surface area contributed by atoms with E-state index in [1.807, 2.05) is 6.92 Å². The van der Waals surface area contributed by atoms with Crippen molar-refractivity contribution in [3.63, 3.8) is 0 Å². The van der Waals surface area contributed by atoms with E-state index in [-0.39, 0.29) is 19.4 Å². The van der Waals surface area contributed by atoms with Crippen molar-refractivity contribution >= 4 is 34.8 Å². The molecule has 0 saturated carbocycles. The van der Waals surface area contributed by atoms with Crippen LogP contribution in [0.25, 0.3) is 0 Å². The Morgan fingerprint density at radius 1 is 1.24 bits per heavy atom. The van der Waals surface area contributed by atoms with Crippen LogP contribution in [0.5, 0.6) is 0 Å². The predicted octanol–water partition coefficient (Wildman–Crippen LogP) is 0.537. The Balaban J connectivity index is 2.27. The number of carboxylic acid groups (broad SMARTS) is 2. The van der Waals surface area contributed by atoms with E-state index >= 15 is 0 Å². The molecule has 1 saturated heterocycles. The van der Waals surface area contributed by atoms with Gasteiger partial charge in [0.25, 0.3) is 0 Å². The minimum atomic E-state index is -1.06. The molecule has 0 aromatic rings. The van der Waals surface area contributed by atoms with Gasteiger partial charge in [0.15, 0.2) is 5.17 Å². The molecular formula is C15H22N2O7S. The molecule has 10 heteroatoms. The molecule has 1 fully saturated rings. The highest BCUT2D eigenvalue weighted by atomic mass is 32.2. The van der Waals surface area contributed by atoms with Crippen LogP contribution in [0, 0.1) is 11.8 Å². The van der Waals surface area contributed by atoms with E-state index in [4.69, 9.17) is 9.47 Å². The zero-order chi connectivity index (χ0) is 18.6. The number of rotatable bonds is 7. The lowest BCUT2D eigenvalue weighted by atomic mass is 9.76. The van der Waals surface area contributed by atoms with Gasteiger partial charge in [0, 0.05) is 25.3 Å². The van der Waals surface area contributed by atoms with Gasteiger partial charge >= 0.3 is 17.9 Å². The summed E-state index contributed by atoms with van der Waals surface area (Å²) in [5, 5.41) is 22.2. The van der Waals surface area contributed by atoms with Gasteiger partial charge in [0.1, 0.15) is 12.0 Å². The molecule has 0 aromatic heterocycles. The van der Waals surface area contributed by atoms with Gasteiger partial charge in [-0.3, -0.25) is 19.4 Å². The Bertz CT molecular complexity index is 568. The molecule has 25 heavy (non-hydrogen) atoms. The van der Waals surface area contributed by atoms with E-state index in [2.05, 4.69) is 10.3 Å². The lowest BCUT2D eigenvalue weighted by Crippen LogP contribution is -2.50. The summed E-state index contributed by atoms with van der Waals surface area (Å²) in [6.07, 6.45) is -1.18. The number of thioether (sulfide) groups is 1. The third-order valence-corrected chi connectivity index (χ3v) is 5.24. The number of ether oxygens (including phenoxy) is 2. The first kappa shape index (κ1) is 19.5. The van der Waals surface area contributed by atoms with Crippen LogP contribution in [-0.4, -0.2) is 64.0 Å². The van der Waals surface area contributed by atoms with Crippen LogP contribution < -0.4 is 5.32 Å². The Labute approximate surface area is 149 Å². The van der Waals surface area contributed by atoms with Gasteiger partial charge in [-0.15, -0.1) is 0 Å². The number of hydrogen-bond donors (Lipinski definition) is 3. The Kier molecular flexibility index (Phi) is 6.65. The van der Waals surface area contributed by atoms with Gasteiger partial charge < -0.3 is 25.0 Å². The quantitative estimate of drug-likeness (QED) is 0.546. The summed E-state index contributed by atoms with van der Waals surface area (Å²) in [7, 11) is 0. The molecule has 0 unspecified atom stereocenters. The van der Waals surface area contributed by atoms with Gasteiger partial charge in [0.05, 0.1) is 25.0 Å². The van der Waals surface area contributed by atoms with Gasteiger partial charge in [-0.1, -0.05) is 11.8 Å². The molecule has 3 N–H and O–H groups in total. The summed E-state index contributed by atoms with van der Waals surface area (Å²) in [4.78, 5) is 38.2.